The van der Waals surface area contributed by atoms with Gasteiger partial charge in [-0.3, -0.25) is 0 Å². The third-order valence-corrected chi connectivity index (χ3v) is 12.9. The largest absolute Gasteiger partial charge is 0.457 e. The van der Waals surface area contributed by atoms with Gasteiger partial charge in [0, 0.05) is 43.3 Å². The summed E-state index contributed by atoms with van der Waals surface area (Å²) in [5.74, 6) is 1.81. The van der Waals surface area contributed by atoms with E-state index in [1.54, 1.807) is 0 Å². The number of nitrogens with zero attached hydrogens (tertiary/aromatic N) is 1. The summed E-state index contributed by atoms with van der Waals surface area (Å²) in [5.41, 5.74) is 12.8. The van der Waals surface area contributed by atoms with Gasteiger partial charge in [-0.15, -0.1) is 0 Å². The zero-order chi connectivity index (χ0) is 35.3. The first-order chi connectivity index (χ1) is 26.0. The highest BCUT2D eigenvalue weighted by Crippen LogP contribution is 2.64. The van der Waals surface area contributed by atoms with E-state index in [0.29, 0.717) is 0 Å². The highest BCUT2D eigenvalue weighted by atomic mass is 32.2. The van der Waals surface area contributed by atoms with Crippen LogP contribution in [0.2, 0.25) is 0 Å². The molecule has 0 bridgehead atoms. The van der Waals surface area contributed by atoms with Crippen LogP contribution in [-0.4, -0.2) is 0 Å². The first kappa shape index (κ1) is 30.6. The van der Waals surface area contributed by atoms with Gasteiger partial charge in [-0.2, -0.15) is 0 Å². The van der Waals surface area contributed by atoms with E-state index in [9.17, 15) is 0 Å². The van der Waals surface area contributed by atoms with Crippen molar-refractivity contribution in [2.75, 3.05) is 4.90 Å². The quantitative estimate of drug-likeness (QED) is 0.182. The average molecular weight is 698 g/mol. The van der Waals surface area contributed by atoms with Crippen molar-refractivity contribution >= 4 is 39.6 Å². The van der Waals surface area contributed by atoms with Crippen LogP contribution in [0.5, 0.6) is 11.5 Å². The van der Waals surface area contributed by atoms with E-state index in [0.717, 1.165) is 28.6 Å². The second kappa shape index (κ2) is 11.2. The van der Waals surface area contributed by atoms with E-state index < -0.39 is 5.41 Å². The van der Waals surface area contributed by atoms with Gasteiger partial charge in [-0.25, -0.2) is 0 Å². The molecular weight excluding hydrogens is 663 g/mol. The predicted molar refractivity (Wildman–Crippen MR) is 219 cm³/mol. The highest BCUT2D eigenvalue weighted by molar-refractivity contribution is 7.99. The van der Waals surface area contributed by atoms with Gasteiger partial charge in [-0.05, 0) is 93.2 Å². The van der Waals surface area contributed by atoms with Crippen LogP contribution < -0.4 is 9.64 Å². The molecule has 2 aliphatic heterocycles. The fourth-order valence-corrected chi connectivity index (χ4v) is 10.8. The van der Waals surface area contributed by atoms with Crippen molar-refractivity contribution in [1.82, 2.24) is 0 Å². The maximum absolute atomic E-state index is 6.64. The van der Waals surface area contributed by atoms with Crippen LogP contribution in [0.25, 0.3) is 21.9 Å². The summed E-state index contributed by atoms with van der Waals surface area (Å²) in [5, 5.41) is 2.45. The van der Waals surface area contributed by atoms with E-state index in [4.69, 9.17) is 4.74 Å². The zero-order valence-corrected chi connectivity index (χ0v) is 30.3. The van der Waals surface area contributed by atoms with Gasteiger partial charge in [0.15, 0.2) is 0 Å². The molecule has 3 aliphatic rings. The van der Waals surface area contributed by atoms with Crippen molar-refractivity contribution in [2.24, 2.45) is 0 Å². The SMILES string of the molecule is CC1(C)c2ccccc2Sc2ccc(N(c3ccc4ccccc4c3)c3cccc4c3-c3ccccc3C43c4ccccc4Oc4ccccc43)cc21. The maximum atomic E-state index is 6.64. The minimum Gasteiger partial charge on any atom is -0.457 e. The number of anilines is 3. The summed E-state index contributed by atoms with van der Waals surface area (Å²) < 4.78 is 6.64. The molecule has 2 nitrogen and oxygen atoms in total. The Morgan fingerprint density at radius 1 is 0.453 bits per heavy atom. The van der Waals surface area contributed by atoms with E-state index in [1.165, 1.54) is 65.1 Å². The van der Waals surface area contributed by atoms with Gasteiger partial charge < -0.3 is 9.64 Å². The summed E-state index contributed by atoms with van der Waals surface area (Å²) in [4.78, 5) is 5.15. The van der Waals surface area contributed by atoms with Crippen molar-refractivity contribution in [3.8, 4) is 22.6 Å². The second-order valence-electron chi connectivity index (χ2n) is 14.9. The number of para-hydroxylation sites is 2. The van der Waals surface area contributed by atoms with Crippen LogP contribution in [0.4, 0.5) is 17.1 Å². The van der Waals surface area contributed by atoms with Crippen LogP contribution in [0.3, 0.4) is 0 Å². The first-order valence-electron chi connectivity index (χ1n) is 18.3. The summed E-state index contributed by atoms with van der Waals surface area (Å²) in [6, 6.07) is 64.7. The maximum Gasteiger partial charge on any atom is 0.132 e. The number of ether oxygens (including phenoxy) is 1. The molecule has 53 heavy (non-hydrogen) atoms. The van der Waals surface area contributed by atoms with Gasteiger partial charge in [0.2, 0.25) is 0 Å². The second-order valence-corrected chi connectivity index (χ2v) is 15.9. The predicted octanol–water partition coefficient (Wildman–Crippen LogP) is 13.6. The molecule has 0 fully saturated rings. The molecule has 8 aromatic rings. The molecule has 3 heteroatoms. The normalized spacial score (nSPS) is 15.0. The topological polar surface area (TPSA) is 12.5 Å². The Balaban J connectivity index is 1.21. The fraction of sp³-hybridized carbons (Fsp3) is 0.0800. The molecule has 0 N–H and O–H groups in total. The lowest BCUT2D eigenvalue weighted by Gasteiger charge is -2.39. The Kier molecular flexibility index (Phi) is 6.48. The third-order valence-electron chi connectivity index (χ3n) is 11.8. The molecule has 1 spiro atoms. The fourth-order valence-electron chi connectivity index (χ4n) is 9.38. The highest BCUT2D eigenvalue weighted by Gasteiger charge is 2.52. The molecule has 252 valence electrons. The van der Waals surface area contributed by atoms with E-state index in [-0.39, 0.29) is 5.41 Å². The van der Waals surface area contributed by atoms with E-state index in [2.05, 4.69) is 195 Å². The minimum absolute atomic E-state index is 0.160. The standard InChI is InChI=1S/C50H35NOS/c1-49(2)40-20-9-12-25-46(40)53-47-29-28-35(31-42(47)49)51(34-27-26-32-14-3-4-15-33(32)30-34)43-22-13-21-41-48(43)36-16-5-6-17-37(36)50(41)38-18-7-10-23-44(38)52-45-24-11-8-19-39(45)50/h3-31H,1-2H3. The van der Waals surface area contributed by atoms with Crippen LogP contribution in [-0.2, 0) is 10.8 Å². The zero-order valence-electron chi connectivity index (χ0n) is 29.5. The van der Waals surface area contributed by atoms with Crippen molar-refractivity contribution in [1.29, 1.82) is 0 Å². The lowest BCUT2D eigenvalue weighted by molar-refractivity contribution is 0.436. The molecule has 0 amide bonds. The van der Waals surface area contributed by atoms with Crippen LogP contribution >= 0.6 is 11.8 Å². The smallest absolute Gasteiger partial charge is 0.132 e. The van der Waals surface area contributed by atoms with Gasteiger partial charge >= 0.3 is 0 Å². The summed E-state index contributed by atoms with van der Waals surface area (Å²) in [7, 11) is 0. The Morgan fingerprint density at radius 2 is 1.04 bits per heavy atom. The average Bonchev–Trinajstić information content (AvgIpc) is 3.49. The number of fused-ring (bicyclic) bond motifs is 12. The molecular formula is C50H35NOS. The summed E-state index contributed by atoms with van der Waals surface area (Å²) in [6.07, 6.45) is 0. The molecule has 0 saturated heterocycles. The third kappa shape index (κ3) is 4.23. The number of hydrogen-bond donors (Lipinski definition) is 0. The van der Waals surface area contributed by atoms with Crippen molar-refractivity contribution in [3.05, 3.63) is 209 Å². The number of hydrogen-bond acceptors (Lipinski definition) is 3. The van der Waals surface area contributed by atoms with E-state index in [1.807, 2.05) is 11.8 Å². The Hall–Kier alpha value is -6.03. The van der Waals surface area contributed by atoms with E-state index >= 15 is 0 Å². The number of benzene rings is 8. The van der Waals surface area contributed by atoms with Crippen molar-refractivity contribution in [2.45, 2.75) is 34.5 Å². The summed E-state index contributed by atoms with van der Waals surface area (Å²) >= 11 is 1.88. The van der Waals surface area contributed by atoms with Crippen LogP contribution in [0.1, 0.15) is 47.2 Å². The molecule has 0 saturated carbocycles. The molecule has 0 radical (unpaired) electrons. The molecule has 11 rings (SSSR count). The van der Waals surface area contributed by atoms with Crippen LogP contribution in [0, 0.1) is 0 Å². The van der Waals surface area contributed by atoms with Gasteiger partial charge in [0.05, 0.1) is 11.1 Å². The lowest BCUT2D eigenvalue weighted by atomic mass is 9.66. The molecule has 0 aromatic heterocycles. The Labute approximate surface area is 314 Å². The Bertz CT molecular complexity index is 2750. The molecule has 0 unspecified atom stereocenters. The van der Waals surface area contributed by atoms with Crippen molar-refractivity contribution < 1.29 is 4.74 Å². The Morgan fingerprint density at radius 3 is 1.83 bits per heavy atom. The molecule has 0 atom stereocenters. The lowest BCUT2D eigenvalue weighted by Crippen LogP contribution is -2.32. The molecule has 8 aromatic carbocycles. The molecule has 2 heterocycles. The number of rotatable bonds is 3. The minimum atomic E-state index is -0.541. The van der Waals surface area contributed by atoms with Gasteiger partial charge in [0.1, 0.15) is 11.5 Å². The van der Waals surface area contributed by atoms with Gasteiger partial charge in [0.25, 0.3) is 0 Å². The van der Waals surface area contributed by atoms with Crippen LogP contribution in [0.15, 0.2) is 186 Å². The van der Waals surface area contributed by atoms with Gasteiger partial charge in [-0.1, -0.05) is 147 Å². The van der Waals surface area contributed by atoms with Crippen molar-refractivity contribution in [3.63, 3.8) is 0 Å². The molecule has 1 aliphatic carbocycles. The first-order valence-corrected chi connectivity index (χ1v) is 19.2. The monoisotopic (exact) mass is 697 g/mol. The summed E-state index contributed by atoms with van der Waals surface area (Å²) in [6.45, 7) is 4.74.